The summed E-state index contributed by atoms with van der Waals surface area (Å²) in [4.78, 5) is 14.6. The largest absolute Gasteiger partial charge is 0.461 e. The van der Waals surface area contributed by atoms with E-state index < -0.39 is 0 Å². The van der Waals surface area contributed by atoms with E-state index in [0.29, 0.717) is 30.1 Å². The zero-order valence-corrected chi connectivity index (χ0v) is 17.2. The monoisotopic (exact) mass is 405 g/mol. The summed E-state index contributed by atoms with van der Waals surface area (Å²) in [6, 6.07) is 20.8. The van der Waals surface area contributed by atoms with E-state index >= 15 is 0 Å². The highest BCUT2D eigenvalue weighted by Crippen LogP contribution is 2.26. The molecule has 1 fully saturated rings. The van der Waals surface area contributed by atoms with Gasteiger partial charge in [0, 0.05) is 25.9 Å². The van der Waals surface area contributed by atoms with Crippen molar-refractivity contribution < 1.29 is 13.6 Å². The van der Waals surface area contributed by atoms with Crippen molar-refractivity contribution in [2.45, 2.75) is 38.5 Å². The van der Waals surface area contributed by atoms with Gasteiger partial charge < -0.3 is 9.32 Å². The number of amides is 1. The second-order valence-corrected chi connectivity index (χ2v) is 8.09. The maximum Gasteiger partial charge on any atom is 0.223 e. The quantitative estimate of drug-likeness (QED) is 0.491. The summed E-state index contributed by atoms with van der Waals surface area (Å²) in [5, 5.41) is 0. The minimum absolute atomic E-state index is 0.181. The molecule has 2 aromatic carbocycles. The second kappa shape index (κ2) is 9.75. The summed E-state index contributed by atoms with van der Waals surface area (Å²) < 4.78 is 19.7. The molecule has 4 heteroatoms. The van der Waals surface area contributed by atoms with Gasteiger partial charge in [0.1, 0.15) is 17.3 Å². The number of rotatable bonds is 7. The summed E-state index contributed by atoms with van der Waals surface area (Å²) >= 11 is 0. The van der Waals surface area contributed by atoms with Gasteiger partial charge in [-0.25, -0.2) is 4.39 Å². The lowest BCUT2D eigenvalue weighted by Crippen LogP contribution is -2.38. The highest BCUT2D eigenvalue weighted by atomic mass is 19.1. The summed E-state index contributed by atoms with van der Waals surface area (Å²) in [6.07, 6.45) is 5.44. The van der Waals surface area contributed by atoms with Gasteiger partial charge in [-0.1, -0.05) is 42.5 Å². The molecule has 0 radical (unpaired) electrons. The number of piperidine rings is 1. The lowest BCUT2D eigenvalue weighted by molar-refractivity contribution is -0.132. The third-order valence-corrected chi connectivity index (χ3v) is 6.04. The van der Waals surface area contributed by atoms with E-state index in [0.717, 1.165) is 38.1 Å². The molecule has 30 heavy (non-hydrogen) atoms. The number of hydrogen-bond acceptors (Lipinski definition) is 2. The maximum absolute atomic E-state index is 13.9. The molecule has 0 bridgehead atoms. The molecule has 3 nitrogen and oxygen atoms in total. The van der Waals surface area contributed by atoms with Crippen molar-refractivity contribution in [2.75, 3.05) is 13.1 Å². The lowest BCUT2D eigenvalue weighted by Gasteiger charge is -2.32. The highest BCUT2D eigenvalue weighted by molar-refractivity contribution is 5.76. The lowest BCUT2D eigenvalue weighted by atomic mass is 9.90. The Morgan fingerprint density at radius 2 is 1.67 bits per heavy atom. The first-order valence-corrected chi connectivity index (χ1v) is 10.8. The molecule has 156 valence electrons. The fraction of sp³-hybridized carbons (Fsp3) is 0.346. The number of likely N-dealkylation sites (tertiary alicyclic amines) is 1. The molecular formula is C26H28FNO2. The maximum atomic E-state index is 13.9. The Morgan fingerprint density at radius 1 is 0.933 bits per heavy atom. The number of nitrogens with zero attached hydrogens (tertiary/aromatic N) is 1. The molecule has 4 rings (SSSR count). The molecule has 2 heterocycles. The summed E-state index contributed by atoms with van der Waals surface area (Å²) in [5.74, 6) is 1.81. The first kappa shape index (κ1) is 20.4. The number of aryl methyl sites for hydroxylation is 2. The normalized spacial score (nSPS) is 14.8. The van der Waals surface area contributed by atoms with Crippen LogP contribution in [0.3, 0.4) is 0 Å². The fourth-order valence-corrected chi connectivity index (χ4v) is 4.19. The molecule has 1 saturated heterocycles. The third-order valence-electron chi connectivity index (χ3n) is 6.04. The zero-order chi connectivity index (χ0) is 20.8. The Balaban J connectivity index is 1.21. The van der Waals surface area contributed by atoms with Crippen LogP contribution in [0.1, 0.15) is 37.0 Å². The van der Waals surface area contributed by atoms with E-state index in [4.69, 9.17) is 4.42 Å². The van der Waals surface area contributed by atoms with Crippen LogP contribution in [0, 0.1) is 11.7 Å². The van der Waals surface area contributed by atoms with Crippen molar-refractivity contribution >= 4 is 5.91 Å². The Labute approximate surface area is 177 Å². The van der Waals surface area contributed by atoms with Crippen LogP contribution in [-0.2, 0) is 17.6 Å². The molecule has 0 spiro atoms. The van der Waals surface area contributed by atoms with E-state index in [1.807, 2.05) is 11.0 Å². The molecule has 1 aliphatic rings. The van der Waals surface area contributed by atoms with Crippen LogP contribution in [0.25, 0.3) is 11.3 Å². The van der Waals surface area contributed by atoms with Crippen LogP contribution >= 0.6 is 0 Å². The smallest absolute Gasteiger partial charge is 0.223 e. The van der Waals surface area contributed by atoms with Crippen molar-refractivity contribution in [1.29, 1.82) is 0 Å². The molecule has 0 saturated carbocycles. The van der Waals surface area contributed by atoms with E-state index in [1.54, 1.807) is 24.3 Å². The number of carbonyl (C=O) groups excluding carboxylic acids is 1. The van der Waals surface area contributed by atoms with E-state index in [-0.39, 0.29) is 11.7 Å². The van der Waals surface area contributed by atoms with Crippen molar-refractivity contribution in [3.63, 3.8) is 0 Å². The number of carbonyl (C=O) groups is 1. The van der Waals surface area contributed by atoms with Crippen LogP contribution in [0.15, 0.2) is 71.1 Å². The predicted octanol–water partition coefficient (Wildman–Crippen LogP) is 5.89. The minimum Gasteiger partial charge on any atom is -0.461 e. The van der Waals surface area contributed by atoms with E-state index in [9.17, 15) is 9.18 Å². The number of benzene rings is 2. The van der Waals surface area contributed by atoms with Gasteiger partial charge in [0.25, 0.3) is 0 Å². The second-order valence-electron chi connectivity index (χ2n) is 8.09. The van der Waals surface area contributed by atoms with Crippen molar-refractivity contribution in [1.82, 2.24) is 4.90 Å². The molecule has 3 aromatic rings. The Morgan fingerprint density at radius 3 is 2.43 bits per heavy atom. The van der Waals surface area contributed by atoms with Gasteiger partial charge in [0.15, 0.2) is 0 Å². The summed E-state index contributed by atoms with van der Waals surface area (Å²) in [7, 11) is 0. The van der Waals surface area contributed by atoms with Gasteiger partial charge >= 0.3 is 0 Å². The van der Waals surface area contributed by atoms with Crippen LogP contribution in [0.4, 0.5) is 4.39 Å². The van der Waals surface area contributed by atoms with Gasteiger partial charge in [0.2, 0.25) is 5.91 Å². The predicted molar refractivity (Wildman–Crippen MR) is 116 cm³/mol. The van der Waals surface area contributed by atoms with Crippen LogP contribution in [0.5, 0.6) is 0 Å². The summed E-state index contributed by atoms with van der Waals surface area (Å²) in [5.41, 5.74) is 1.84. The van der Waals surface area contributed by atoms with Gasteiger partial charge in [0.05, 0.1) is 5.56 Å². The number of hydrogen-bond donors (Lipinski definition) is 0. The minimum atomic E-state index is -0.301. The average molecular weight is 406 g/mol. The van der Waals surface area contributed by atoms with Gasteiger partial charge in [-0.2, -0.15) is 0 Å². The van der Waals surface area contributed by atoms with Gasteiger partial charge in [-0.05, 0) is 61.4 Å². The molecular weight excluding hydrogens is 377 g/mol. The summed E-state index contributed by atoms with van der Waals surface area (Å²) in [6.45, 7) is 1.69. The number of halogens is 1. The molecule has 0 aliphatic carbocycles. The number of furan rings is 1. The van der Waals surface area contributed by atoms with Gasteiger partial charge in [-0.15, -0.1) is 0 Å². The molecule has 1 aromatic heterocycles. The van der Waals surface area contributed by atoms with E-state index in [1.165, 1.54) is 18.1 Å². The SMILES string of the molecule is O=C(CCc1ccc(-c2ccccc2F)o1)N1CCC(CCc2ccccc2)CC1. The molecule has 1 aliphatic heterocycles. The standard InChI is InChI=1S/C26H28FNO2/c27-24-9-5-4-8-23(24)25-14-12-22(30-25)13-15-26(29)28-18-16-21(17-19-28)11-10-20-6-2-1-3-7-20/h1-9,12,14,21H,10-11,13,15-19H2. The Bertz CT molecular complexity index is 958. The molecule has 0 N–H and O–H groups in total. The Hall–Kier alpha value is -2.88. The van der Waals surface area contributed by atoms with E-state index in [2.05, 4.69) is 30.3 Å². The molecule has 0 atom stereocenters. The first-order chi connectivity index (χ1) is 14.7. The van der Waals surface area contributed by atoms with Crippen LogP contribution < -0.4 is 0 Å². The van der Waals surface area contributed by atoms with Crippen molar-refractivity contribution in [3.05, 3.63) is 83.9 Å². The fourth-order valence-electron chi connectivity index (χ4n) is 4.19. The zero-order valence-electron chi connectivity index (χ0n) is 17.2. The van der Waals surface area contributed by atoms with Crippen molar-refractivity contribution in [3.8, 4) is 11.3 Å². The molecule has 0 unspecified atom stereocenters. The first-order valence-electron chi connectivity index (χ1n) is 10.8. The Kier molecular flexibility index (Phi) is 6.63. The molecule has 1 amide bonds. The highest BCUT2D eigenvalue weighted by Gasteiger charge is 2.22. The average Bonchev–Trinajstić information content (AvgIpc) is 3.26. The van der Waals surface area contributed by atoms with Gasteiger partial charge in [-0.3, -0.25) is 4.79 Å². The third kappa shape index (κ3) is 5.18. The van der Waals surface area contributed by atoms with Crippen LogP contribution in [0.2, 0.25) is 0 Å². The van der Waals surface area contributed by atoms with Crippen LogP contribution in [-0.4, -0.2) is 23.9 Å². The topological polar surface area (TPSA) is 33.5 Å². The van der Waals surface area contributed by atoms with Crippen molar-refractivity contribution in [2.24, 2.45) is 5.92 Å².